The molecule has 1 aromatic carbocycles. The van der Waals surface area contributed by atoms with Crippen molar-refractivity contribution in [1.29, 1.82) is 0 Å². The summed E-state index contributed by atoms with van der Waals surface area (Å²) in [4.78, 5) is 12.9. The number of amides is 1. The lowest BCUT2D eigenvalue weighted by Gasteiger charge is -2.07. The first-order valence-electron chi connectivity index (χ1n) is 6.32. The molecule has 0 aliphatic rings. The van der Waals surface area contributed by atoms with Gasteiger partial charge in [-0.15, -0.1) is 11.3 Å². The Balaban J connectivity index is 1.82. The number of ether oxygens (including phenoxy) is 2. The number of hydrogen-bond donors (Lipinski definition) is 1. The molecule has 4 nitrogen and oxygen atoms in total. The highest BCUT2D eigenvalue weighted by Crippen LogP contribution is 2.16. The summed E-state index contributed by atoms with van der Waals surface area (Å²) in [5, 5.41) is 4.83. The molecule has 0 saturated heterocycles. The molecule has 0 bridgehead atoms. The lowest BCUT2D eigenvalue weighted by Crippen LogP contribution is -2.13. The van der Waals surface area contributed by atoms with Gasteiger partial charge in [0.2, 0.25) is 5.91 Å². The average Bonchev–Trinajstić information content (AvgIpc) is 2.94. The fraction of sp³-hybridized carbons (Fsp3) is 0.267. The van der Waals surface area contributed by atoms with E-state index in [9.17, 15) is 4.79 Å². The summed E-state index contributed by atoms with van der Waals surface area (Å²) in [5.74, 6) is 0.749. The van der Waals surface area contributed by atoms with E-state index in [0.29, 0.717) is 19.6 Å². The normalized spacial score (nSPS) is 10.2. The summed E-state index contributed by atoms with van der Waals surface area (Å²) in [6.07, 6.45) is 0.407. The molecule has 2 aromatic rings. The molecule has 0 aliphatic heterocycles. The highest BCUT2D eigenvalue weighted by molar-refractivity contribution is 7.10. The Labute approximate surface area is 122 Å². The predicted octanol–water partition coefficient (Wildman–Crippen LogP) is 2.95. The molecule has 1 aromatic heterocycles. The molecule has 0 aliphatic carbocycles. The minimum atomic E-state index is -0.0134. The van der Waals surface area contributed by atoms with Crippen LogP contribution in [-0.2, 0) is 16.0 Å². The number of rotatable bonds is 7. The minimum absolute atomic E-state index is 0.0134. The molecule has 1 amide bonds. The standard InChI is InChI=1S/C15H17NO3S/c1-18-8-9-19-13-6-4-12(5-7-13)16-15(17)11-14-3-2-10-20-14/h2-7,10H,8-9,11H2,1H3,(H,16,17). The first-order chi connectivity index (χ1) is 9.78. The van der Waals surface area contributed by atoms with Crippen LogP contribution in [0.15, 0.2) is 41.8 Å². The highest BCUT2D eigenvalue weighted by atomic mass is 32.1. The molecule has 0 unspecified atom stereocenters. The molecule has 2 rings (SSSR count). The van der Waals surface area contributed by atoms with Crippen molar-refractivity contribution < 1.29 is 14.3 Å². The van der Waals surface area contributed by atoms with E-state index in [-0.39, 0.29) is 5.91 Å². The summed E-state index contributed by atoms with van der Waals surface area (Å²) in [7, 11) is 1.63. The van der Waals surface area contributed by atoms with Crippen molar-refractivity contribution in [3.8, 4) is 5.75 Å². The number of nitrogens with one attached hydrogen (secondary N) is 1. The first-order valence-corrected chi connectivity index (χ1v) is 7.20. The molecular formula is C15H17NO3S. The van der Waals surface area contributed by atoms with Crippen molar-refractivity contribution in [2.45, 2.75) is 6.42 Å². The molecule has 0 spiro atoms. The van der Waals surface area contributed by atoms with Crippen LogP contribution in [0.3, 0.4) is 0 Å². The van der Waals surface area contributed by atoms with Gasteiger partial charge in [-0.1, -0.05) is 6.07 Å². The van der Waals surface area contributed by atoms with Crippen LogP contribution in [0.2, 0.25) is 0 Å². The Kier molecular flexibility index (Phi) is 5.58. The van der Waals surface area contributed by atoms with Crippen LogP contribution in [-0.4, -0.2) is 26.2 Å². The van der Waals surface area contributed by atoms with Crippen LogP contribution in [0.4, 0.5) is 5.69 Å². The number of hydrogen-bond acceptors (Lipinski definition) is 4. The second-order valence-corrected chi connectivity index (χ2v) is 5.20. The van der Waals surface area contributed by atoms with Crippen molar-refractivity contribution in [2.75, 3.05) is 25.6 Å². The van der Waals surface area contributed by atoms with Gasteiger partial charge in [0.1, 0.15) is 12.4 Å². The first kappa shape index (κ1) is 14.6. The quantitative estimate of drug-likeness (QED) is 0.798. The van der Waals surface area contributed by atoms with Crippen LogP contribution in [0.25, 0.3) is 0 Å². The molecule has 20 heavy (non-hydrogen) atoms. The smallest absolute Gasteiger partial charge is 0.229 e. The van der Waals surface area contributed by atoms with Crippen LogP contribution in [0.5, 0.6) is 5.75 Å². The average molecular weight is 291 g/mol. The number of anilines is 1. The van der Waals surface area contributed by atoms with Gasteiger partial charge < -0.3 is 14.8 Å². The van der Waals surface area contributed by atoms with Crippen molar-refractivity contribution in [1.82, 2.24) is 0 Å². The van der Waals surface area contributed by atoms with E-state index in [4.69, 9.17) is 9.47 Å². The monoisotopic (exact) mass is 291 g/mol. The zero-order valence-corrected chi connectivity index (χ0v) is 12.1. The van der Waals surface area contributed by atoms with Crippen LogP contribution < -0.4 is 10.1 Å². The van der Waals surface area contributed by atoms with Gasteiger partial charge in [-0.2, -0.15) is 0 Å². The van der Waals surface area contributed by atoms with E-state index < -0.39 is 0 Å². The Morgan fingerprint density at radius 3 is 2.65 bits per heavy atom. The SMILES string of the molecule is COCCOc1ccc(NC(=O)Cc2cccs2)cc1. The third kappa shape index (κ3) is 4.68. The van der Waals surface area contributed by atoms with Crippen LogP contribution in [0.1, 0.15) is 4.88 Å². The van der Waals surface area contributed by atoms with E-state index in [1.165, 1.54) is 0 Å². The van der Waals surface area contributed by atoms with Gasteiger partial charge in [-0.3, -0.25) is 4.79 Å². The maximum atomic E-state index is 11.8. The number of thiophene rings is 1. The van der Waals surface area contributed by atoms with Gasteiger partial charge >= 0.3 is 0 Å². The highest BCUT2D eigenvalue weighted by Gasteiger charge is 2.05. The van der Waals surface area contributed by atoms with Crippen molar-refractivity contribution in [3.63, 3.8) is 0 Å². The number of carbonyl (C=O) groups is 1. The minimum Gasteiger partial charge on any atom is -0.491 e. The van der Waals surface area contributed by atoms with E-state index in [0.717, 1.165) is 16.3 Å². The van der Waals surface area contributed by atoms with Gasteiger partial charge in [0, 0.05) is 17.7 Å². The van der Waals surface area contributed by atoms with Crippen LogP contribution >= 0.6 is 11.3 Å². The third-order valence-electron chi connectivity index (χ3n) is 2.61. The Morgan fingerprint density at radius 2 is 2.00 bits per heavy atom. The second kappa shape index (κ2) is 7.67. The van der Waals surface area contributed by atoms with Gasteiger partial charge in [0.25, 0.3) is 0 Å². The fourth-order valence-corrected chi connectivity index (χ4v) is 2.36. The third-order valence-corrected chi connectivity index (χ3v) is 3.49. The van der Waals surface area contributed by atoms with Crippen molar-refractivity contribution >= 4 is 22.9 Å². The number of methoxy groups -OCH3 is 1. The topological polar surface area (TPSA) is 47.6 Å². The van der Waals surface area contributed by atoms with Gasteiger partial charge in [0.05, 0.1) is 13.0 Å². The van der Waals surface area contributed by atoms with Gasteiger partial charge in [0.15, 0.2) is 0 Å². The summed E-state index contributed by atoms with van der Waals surface area (Å²) < 4.78 is 10.4. The molecule has 1 heterocycles. The zero-order valence-electron chi connectivity index (χ0n) is 11.3. The molecule has 1 N–H and O–H groups in total. The largest absolute Gasteiger partial charge is 0.491 e. The van der Waals surface area contributed by atoms with E-state index in [2.05, 4.69) is 5.32 Å². The van der Waals surface area contributed by atoms with Crippen molar-refractivity contribution in [3.05, 3.63) is 46.7 Å². The lowest BCUT2D eigenvalue weighted by atomic mass is 10.2. The van der Waals surface area contributed by atoms with E-state index in [1.807, 2.05) is 41.8 Å². The Hall–Kier alpha value is -1.85. The zero-order chi connectivity index (χ0) is 14.2. The summed E-state index contributed by atoms with van der Waals surface area (Å²) >= 11 is 1.58. The molecule has 0 saturated carbocycles. The lowest BCUT2D eigenvalue weighted by molar-refractivity contribution is -0.115. The molecule has 106 valence electrons. The Bertz CT molecular complexity index is 523. The van der Waals surface area contributed by atoms with Gasteiger partial charge in [-0.25, -0.2) is 0 Å². The predicted molar refractivity (Wildman–Crippen MR) is 80.5 cm³/mol. The van der Waals surface area contributed by atoms with E-state index in [1.54, 1.807) is 18.4 Å². The Morgan fingerprint density at radius 1 is 1.20 bits per heavy atom. The number of carbonyl (C=O) groups excluding carboxylic acids is 1. The summed E-state index contributed by atoms with van der Waals surface area (Å²) in [6.45, 7) is 1.07. The number of benzene rings is 1. The summed E-state index contributed by atoms with van der Waals surface area (Å²) in [5.41, 5.74) is 0.769. The molecule has 0 atom stereocenters. The molecular weight excluding hydrogens is 274 g/mol. The van der Waals surface area contributed by atoms with E-state index >= 15 is 0 Å². The maximum absolute atomic E-state index is 11.8. The summed E-state index contributed by atoms with van der Waals surface area (Å²) in [6, 6.07) is 11.2. The second-order valence-electron chi connectivity index (χ2n) is 4.17. The fourth-order valence-electron chi connectivity index (χ4n) is 1.65. The maximum Gasteiger partial charge on any atom is 0.229 e. The molecule has 5 heteroatoms. The van der Waals surface area contributed by atoms with Crippen molar-refractivity contribution in [2.24, 2.45) is 0 Å². The molecule has 0 fully saturated rings. The van der Waals surface area contributed by atoms with Crippen LogP contribution in [0, 0.1) is 0 Å². The molecule has 0 radical (unpaired) electrons. The van der Waals surface area contributed by atoms with Gasteiger partial charge in [-0.05, 0) is 35.7 Å².